The number of carbonyl (C=O) groups excluding carboxylic acids is 1. The minimum Gasteiger partial charge on any atom is -0.320 e. The van der Waals surface area contributed by atoms with Gasteiger partial charge in [0.2, 0.25) is 0 Å². The molecule has 1 aromatic heterocycles. The van der Waals surface area contributed by atoms with Crippen LogP contribution in [0.4, 0.5) is 11.4 Å². The molecule has 0 fully saturated rings. The summed E-state index contributed by atoms with van der Waals surface area (Å²) < 4.78 is 26.9. The van der Waals surface area contributed by atoms with Crippen molar-refractivity contribution in [2.75, 3.05) is 16.7 Å². The van der Waals surface area contributed by atoms with E-state index in [2.05, 4.69) is 10.3 Å². The molecule has 1 amide bonds. The van der Waals surface area contributed by atoms with Gasteiger partial charge in [-0.05, 0) is 68.8 Å². The van der Waals surface area contributed by atoms with Gasteiger partial charge in [-0.1, -0.05) is 18.2 Å². The van der Waals surface area contributed by atoms with Gasteiger partial charge in [0.25, 0.3) is 15.9 Å². The van der Waals surface area contributed by atoms with E-state index in [1.807, 2.05) is 32.9 Å². The quantitative estimate of drug-likeness (QED) is 0.688. The van der Waals surface area contributed by atoms with Crippen molar-refractivity contribution < 1.29 is 13.2 Å². The third-order valence-electron chi connectivity index (χ3n) is 4.66. The van der Waals surface area contributed by atoms with Crippen LogP contribution in [-0.4, -0.2) is 26.4 Å². The number of aromatic nitrogens is 1. The molecule has 0 saturated heterocycles. The van der Waals surface area contributed by atoms with Crippen molar-refractivity contribution in [3.05, 3.63) is 83.2 Å². The Balaban J connectivity index is 1.82. The van der Waals surface area contributed by atoms with Crippen molar-refractivity contribution in [3.63, 3.8) is 0 Å². The standard InChI is InChI=1S/C22H23N3O3S/c1-15-14-16(2)23-17(3)21(15)24-22(26)18-10-12-20(13-11-18)29(27,28)25(4)19-8-6-5-7-9-19/h5-14H,1-4H3,(H,24,26). The molecule has 0 bridgehead atoms. The topological polar surface area (TPSA) is 79.4 Å². The van der Waals surface area contributed by atoms with Crippen LogP contribution in [-0.2, 0) is 10.0 Å². The number of amides is 1. The van der Waals surface area contributed by atoms with Crippen LogP contribution in [0.5, 0.6) is 0 Å². The zero-order valence-corrected chi connectivity index (χ0v) is 17.6. The summed E-state index contributed by atoms with van der Waals surface area (Å²) in [4.78, 5) is 17.1. The fourth-order valence-electron chi connectivity index (χ4n) is 3.11. The maximum atomic E-state index is 12.8. The fraction of sp³-hybridized carbons (Fsp3) is 0.182. The van der Waals surface area contributed by atoms with E-state index in [9.17, 15) is 13.2 Å². The number of hydrogen-bond donors (Lipinski definition) is 1. The molecule has 3 rings (SSSR count). The number of carbonyl (C=O) groups is 1. The van der Waals surface area contributed by atoms with E-state index in [1.54, 1.807) is 24.3 Å². The minimum atomic E-state index is -3.72. The average Bonchev–Trinajstić information content (AvgIpc) is 2.70. The normalized spacial score (nSPS) is 11.2. The number of nitrogens with zero attached hydrogens (tertiary/aromatic N) is 2. The van der Waals surface area contributed by atoms with Crippen molar-refractivity contribution in [1.29, 1.82) is 0 Å². The molecule has 0 unspecified atom stereocenters. The molecule has 0 aliphatic carbocycles. The lowest BCUT2D eigenvalue weighted by Gasteiger charge is -2.19. The molecule has 7 heteroatoms. The zero-order chi connectivity index (χ0) is 21.2. The predicted octanol–water partition coefficient (Wildman–Crippen LogP) is 4.08. The molecule has 1 heterocycles. The average molecular weight is 410 g/mol. The summed E-state index contributed by atoms with van der Waals surface area (Å²) in [5.41, 5.74) is 4.14. The number of para-hydroxylation sites is 1. The number of benzene rings is 2. The first-order chi connectivity index (χ1) is 13.7. The van der Waals surface area contributed by atoms with Crippen LogP contribution >= 0.6 is 0 Å². The van der Waals surface area contributed by atoms with Gasteiger partial charge in [-0.15, -0.1) is 0 Å². The van der Waals surface area contributed by atoms with Crippen molar-refractivity contribution in [3.8, 4) is 0 Å². The van der Waals surface area contributed by atoms with Crippen molar-refractivity contribution in [2.24, 2.45) is 0 Å². The molecule has 0 saturated carbocycles. The number of hydrogen-bond acceptors (Lipinski definition) is 4. The maximum absolute atomic E-state index is 12.8. The van der Waals surface area contributed by atoms with Gasteiger partial charge in [-0.3, -0.25) is 14.1 Å². The highest BCUT2D eigenvalue weighted by molar-refractivity contribution is 7.92. The lowest BCUT2D eigenvalue weighted by atomic mass is 10.1. The van der Waals surface area contributed by atoms with Crippen LogP contribution in [0.2, 0.25) is 0 Å². The van der Waals surface area contributed by atoms with E-state index in [4.69, 9.17) is 0 Å². The molecule has 1 N–H and O–H groups in total. The van der Waals surface area contributed by atoms with Crippen LogP contribution in [0.3, 0.4) is 0 Å². The van der Waals surface area contributed by atoms with Crippen molar-refractivity contribution in [2.45, 2.75) is 25.7 Å². The van der Waals surface area contributed by atoms with E-state index in [0.717, 1.165) is 17.0 Å². The molecule has 0 spiro atoms. The first kappa shape index (κ1) is 20.5. The molecular weight excluding hydrogens is 386 g/mol. The fourth-order valence-corrected chi connectivity index (χ4v) is 4.31. The maximum Gasteiger partial charge on any atom is 0.264 e. The van der Waals surface area contributed by atoms with Gasteiger partial charge in [0.15, 0.2) is 0 Å². The van der Waals surface area contributed by atoms with Gasteiger partial charge in [-0.25, -0.2) is 8.42 Å². The monoisotopic (exact) mass is 409 g/mol. The molecular formula is C22H23N3O3S. The summed E-state index contributed by atoms with van der Waals surface area (Å²) in [7, 11) is -2.22. The number of pyridine rings is 1. The Kier molecular flexibility index (Phi) is 5.70. The second kappa shape index (κ2) is 8.05. The Morgan fingerprint density at radius 2 is 1.59 bits per heavy atom. The van der Waals surface area contributed by atoms with Crippen LogP contribution in [0, 0.1) is 20.8 Å². The Labute approximate surface area is 171 Å². The smallest absolute Gasteiger partial charge is 0.264 e. The number of aryl methyl sites for hydroxylation is 3. The molecule has 150 valence electrons. The van der Waals surface area contributed by atoms with Gasteiger partial charge in [0, 0.05) is 18.3 Å². The molecule has 0 radical (unpaired) electrons. The predicted molar refractivity (Wildman–Crippen MR) is 115 cm³/mol. The van der Waals surface area contributed by atoms with Gasteiger partial charge in [0.05, 0.1) is 22.0 Å². The highest BCUT2D eigenvalue weighted by Gasteiger charge is 2.21. The number of rotatable bonds is 5. The van der Waals surface area contributed by atoms with E-state index in [0.29, 0.717) is 16.9 Å². The molecule has 0 aliphatic rings. The lowest BCUT2D eigenvalue weighted by Crippen LogP contribution is -2.26. The van der Waals surface area contributed by atoms with E-state index < -0.39 is 10.0 Å². The summed E-state index contributed by atoms with van der Waals surface area (Å²) in [6.07, 6.45) is 0. The third kappa shape index (κ3) is 4.30. The van der Waals surface area contributed by atoms with E-state index in [1.165, 1.54) is 35.6 Å². The van der Waals surface area contributed by atoms with Crippen LogP contribution in [0.15, 0.2) is 65.6 Å². The number of anilines is 2. The highest BCUT2D eigenvalue weighted by atomic mass is 32.2. The molecule has 0 atom stereocenters. The summed E-state index contributed by atoms with van der Waals surface area (Å²) in [6.45, 7) is 5.65. The second-order valence-corrected chi connectivity index (χ2v) is 8.80. The van der Waals surface area contributed by atoms with Gasteiger partial charge >= 0.3 is 0 Å². The second-order valence-electron chi connectivity index (χ2n) is 6.83. The minimum absolute atomic E-state index is 0.116. The molecule has 29 heavy (non-hydrogen) atoms. The Bertz CT molecular complexity index is 1120. The van der Waals surface area contributed by atoms with Crippen LogP contribution in [0.1, 0.15) is 27.3 Å². The Hall–Kier alpha value is -3.19. The summed E-state index contributed by atoms with van der Waals surface area (Å²) in [5.74, 6) is -0.317. The van der Waals surface area contributed by atoms with Gasteiger partial charge < -0.3 is 5.32 Å². The Morgan fingerprint density at radius 1 is 0.966 bits per heavy atom. The van der Waals surface area contributed by atoms with Crippen molar-refractivity contribution in [1.82, 2.24) is 4.98 Å². The van der Waals surface area contributed by atoms with Crippen LogP contribution < -0.4 is 9.62 Å². The largest absolute Gasteiger partial charge is 0.320 e. The first-order valence-electron chi connectivity index (χ1n) is 9.10. The Morgan fingerprint density at radius 3 is 2.17 bits per heavy atom. The summed E-state index contributed by atoms with van der Waals surface area (Å²) in [6, 6.07) is 16.6. The van der Waals surface area contributed by atoms with Crippen molar-refractivity contribution >= 4 is 27.3 Å². The van der Waals surface area contributed by atoms with Gasteiger partial charge in [-0.2, -0.15) is 0 Å². The summed E-state index contributed by atoms with van der Waals surface area (Å²) >= 11 is 0. The zero-order valence-electron chi connectivity index (χ0n) is 16.8. The highest BCUT2D eigenvalue weighted by Crippen LogP contribution is 2.23. The summed E-state index contributed by atoms with van der Waals surface area (Å²) in [5, 5.41) is 2.87. The molecule has 3 aromatic rings. The first-order valence-corrected chi connectivity index (χ1v) is 10.5. The molecule has 0 aliphatic heterocycles. The number of sulfonamides is 1. The molecule has 2 aromatic carbocycles. The van der Waals surface area contributed by atoms with Crippen LogP contribution in [0.25, 0.3) is 0 Å². The van der Waals surface area contributed by atoms with E-state index in [-0.39, 0.29) is 10.8 Å². The lowest BCUT2D eigenvalue weighted by molar-refractivity contribution is 0.102. The van der Waals surface area contributed by atoms with E-state index >= 15 is 0 Å². The number of nitrogens with one attached hydrogen (secondary N) is 1. The third-order valence-corrected chi connectivity index (χ3v) is 6.46. The molecule has 6 nitrogen and oxygen atoms in total. The van der Waals surface area contributed by atoms with Gasteiger partial charge in [0.1, 0.15) is 0 Å². The SMILES string of the molecule is Cc1cc(C)c(NC(=O)c2ccc(S(=O)(=O)N(C)c3ccccc3)cc2)c(C)n1.